The van der Waals surface area contributed by atoms with Crippen LogP contribution in [0.25, 0.3) is 0 Å². The van der Waals surface area contributed by atoms with Crippen molar-refractivity contribution in [2.75, 3.05) is 27.7 Å². The zero-order valence-electron chi connectivity index (χ0n) is 12.3. The van der Waals surface area contributed by atoms with Crippen molar-refractivity contribution in [1.82, 2.24) is 15.5 Å². The molecule has 0 saturated heterocycles. The second-order valence-corrected chi connectivity index (χ2v) is 4.67. The third-order valence-electron chi connectivity index (χ3n) is 2.91. The van der Waals surface area contributed by atoms with E-state index in [9.17, 15) is 14.4 Å². The van der Waals surface area contributed by atoms with E-state index in [0.29, 0.717) is 6.54 Å². The number of ether oxygens (including phenoxy) is 1. The molecule has 0 spiro atoms. The lowest BCUT2D eigenvalue weighted by molar-refractivity contribution is -0.142. The minimum atomic E-state index is -1.19. The Balaban J connectivity index is 4.21. The maximum Gasteiger partial charge on any atom is 0.326 e. The average Bonchev–Trinajstić information content (AvgIpc) is 2.39. The minimum absolute atomic E-state index is 0.0152. The largest absolute Gasteiger partial charge is 0.480 e. The summed E-state index contributed by atoms with van der Waals surface area (Å²) in [5, 5.41) is 13.9. The van der Waals surface area contributed by atoms with Gasteiger partial charge in [-0.2, -0.15) is 0 Å². The Morgan fingerprint density at radius 3 is 2.35 bits per heavy atom. The van der Waals surface area contributed by atoms with Gasteiger partial charge < -0.3 is 25.4 Å². The highest BCUT2D eigenvalue weighted by atomic mass is 16.5. The van der Waals surface area contributed by atoms with Crippen molar-refractivity contribution in [2.45, 2.75) is 31.8 Å². The fraction of sp³-hybridized carbons (Fsp3) is 0.750. The molecule has 8 heteroatoms. The molecule has 2 atom stereocenters. The monoisotopic (exact) mass is 289 g/mol. The van der Waals surface area contributed by atoms with Crippen molar-refractivity contribution in [3.63, 3.8) is 0 Å². The van der Waals surface area contributed by atoms with Crippen molar-refractivity contribution in [3.05, 3.63) is 0 Å². The average molecular weight is 289 g/mol. The SMILES string of the molecule is COC(=O)CC[C@@H](NC(=O)NCC(C)N(C)C)C(=O)O. The fourth-order valence-electron chi connectivity index (χ4n) is 1.25. The van der Waals surface area contributed by atoms with E-state index in [0.717, 1.165) is 0 Å². The summed E-state index contributed by atoms with van der Waals surface area (Å²) < 4.78 is 4.42. The molecule has 0 heterocycles. The topological polar surface area (TPSA) is 108 Å². The van der Waals surface area contributed by atoms with Crippen LogP contribution in [0.2, 0.25) is 0 Å². The number of aliphatic carboxylic acids is 1. The molecule has 0 aliphatic heterocycles. The molecule has 0 bridgehead atoms. The summed E-state index contributed by atoms with van der Waals surface area (Å²) in [6.07, 6.45) is -0.0828. The molecular weight excluding hydrogens is 266 g/mol. The lowest BCUT2D eigenvalue weighted by Crippen LogP contribution is -2.48. The number of urea groups is 1. The molecule has 0 aliphatic rings. The van der Waals surface area contributed by atoms with Gasteiger partial charge in [-0.1, -0.05) is 0 Å². The number of amides is 2. The quantitative estimate of drug-likeness (QED) is 0.527. The van der Waals surface area contributed by atoms with Gasteiger partial charge in [0.1, 0.15) is 6.04 Å². The van der Waals surface area contributed by atoms with Crippen LogP contribution < -0.4 is 10.6 Å². The van der Waals surface area contributed by atoms with Crippen LogP contribution in [0.1, 0.15) is 19.8 Å². The zero-order valence-corrected chi connectivity index (χ0v) is 12.3. The lowest BCUT2D eigenvalue weighted by Gasteiger charge is -2.21. The molecule has 0 aromatic heterocycles. The van der Waals surface area contributed by atoms with Crippen LogP contribution in [-0.2, 0) is 14.3 Å². The van der Waals surface area contributed by atoms with Crippen molar-refractivity contribution in [2.24, 2.45) is 0 Å². The molecule has 2 amide bonds. The second-order valence-electron chi connectivity index (χ2n) is 4.67. The van der Waals surface area contributed by atoms with Crippen molar-refractivity contribution in [1.29, 1.82) is 0 Å². The molecule has 0 saturated carbocycles. The maximum atomic E-state index is 11.6. The van der Waals surface area contributed by atoms with Crippen molar-refractivity contribution >= 4 is 18.0 Å². The molecule has 8 nitrogen and oxygen atoms in total. The van der Waals surface area contributed by atoms with Gasteiger partial charge in [-0.15, -0.1) is 0 Å². The summed E-state index contributed by atoms with van der Waals surface area (Å²) in [6, 6.07) is -1.57. The summed E-state index contributed by atoms with van der Waals surface area (Å²) in [5.41, 5.74) is 0. The molecular formula is C12H23N3O5. The van der Waals surface area contributed by atoms with E-state index in [1.807, 2.05) is 25.9 Å². The van der Waals surface area contributed by atoms with Crippen LogP contribution in [0.3, 0.4) is 0 Å². The first-order valence-electron chi connectivity index (χ1n) is 6.28. The number of likely N-dealkylation sites (N-methyl/N-ethyl adjacent to an activating group) is 1. The molecule has 0 radical (unpaired) electrons. The number of carbonyl (C=O) groups is 3. The summed E-state index contributed by atoms with van der Waals surface area (Å²) in [4.78, 5) is 35.4. The molecule has 0 rings (SSSR count). The number of methoxy groups -OCH3 is 1. The second kappa shape index (κ2) is 9.13. The maximum absolute atomic E-state index is 11.6. The van der Waals surface area contributed by atoms with Crippen molar-refractivity contribution < 1.29 is 24.2 Å². The number of nitrogens with zero attached hydrogens (tertiary/aromatic N) is 1. The molecule has 0 fully saturated rings. The summed E-state index contributed by atoms with van der Waals surface area (Å²) in [5.74, 6) is -1.70. The zero-order chi connectivity index (χ0) is 15.7. The van der Waals surface area contributed by atoms with E-state index in [1.165, 1.54) is 7.11 Å². The summed E-state index contributed by atoms with van der Waals surface area (Å²) >= 11 is 0. The van der Waals surface area contributed by atoms with E-state index in [-0.39, 0.29) is 18.9 Å². The number of carbonyl (C=O) groups excluding carboxylic acids is 2. The van der Waals surface area contributed by atoms with Gasteiger partial charge in [0, 0.05) is 19.0 Å². The van der Waals surface area contributed by atoms with E-state index < -0.39 is 24.0 Å². The Morgan fingerprint density at radius 1 is 1.30 bits per heavy atom. The molecule has 20 heavy (non-hydrogen) atoms. The highest BCUT2D eigenvalue weighted by Crippen LogP contribution is 1.99. The molecule has 0 aliphatic carbocycles. The Bertz CT molecular complexity index is 346. The molecule has 0 aromatic rings. The van der Waals surface area contributed by atoms with Gasteiger partial charge in [-0.05, 0) is 27.4 Å². The molecule has 0 aromatic carbocycles. The molecule has 3 N–H and O–H groups in total. The van der Waals surface area contributed by atoms with Crippen LogP contribution in [0.5, 0.6) is 0 Å². The number of hydrogen-bond acceptors (Lipinski definition) is 5. The van der Waals surface area contributed by atoms with Gasteiger partial charge in [-0.25, -0.2) is 9.59 Å². The van der Waals surface area contributed by atoms with Gasteiger partial charge in [-0.3, -0.25) is 4.79 Å². The smallest absolute Gasteiger partial charge is 0.326 e. The van der Waals surface area contributed by atoms with Crippen LogP contribution in [0, 0.1) is 0 Å². The highest BCUT2D eigenvalue weighted by molar-refractivity contribution is 5.83. The first-order valence-corrected chi connectivity index (χ1v) is 6.28. The molecule has 116 valence electrons. The van der Waals surface area contributed by atoms with Gasteiger partial charge >= 0.3 is 18.0 Å². The number of hydrogen-bond donors (Lipinski definition) is 3. The van der Waals surface area contributed by atoms with Gasteiger partial charge in [0.05, 0.1) is 7.11 Å². The van der Waals surface area contributed by atoms with E-state index in [1.54, 1.807) is 0 Å². The summed E-state index contributed by atoms with van der Waals surface area (Å²) in [7, 11) is 4.97. The van der Waals surface area contributed by atoms with Crippen molar-refractivity contribution in [3.8, 4) is 0 Å². The van der Waals surface area contributed by atoms with E-state index in [4.69, 9.17) is 5.11 Å². The van der Waals surface area contributed by atoms with Gasteiger partial charge in [0.2, 0.25) is 0 Å². The van der Waals surface area contributed by atoms with E-state index in [2.05, 4.69) is 15.4 Å². The number of nitrogens with one attached hydrogen (secondary N) is 2. The van der Waals surface area contributed by atoms with Gasteiger partial charge in [0.15, 0.2) is 0 Å². The number of carboxylic acid groups (broad SMARTS) is 1. The third kappa shape index (κ3) is 7.57. The fourth-order valence-corrected chi connectivity index (χ4v) is 1.25. The van der Waals surface area contributed by atoms with Crippen LogP contribution in [-0.4, -0.2) is 67.8 Å². The highest BCUT2D eigenvalue weighted by Gasteiger charge is 2.21. The third-order valence-corrected chi connectivity index (χ3v) is 2.91. The predicted molar refractivity (Wildman–Crippen MR) is 72.4 cm³/mol. The standard InChI is InChI=1S/C12H23N3O5/c1-8(15(2)3)7-13-12(19)14-9(11(17)18)5-6-10(16)20-4/h8-9H,5-7H2,1-4H3,(H,17,18)(H2,13,14,19)/t8?,9-/m1/s1. The lowest BCUT2D eigenvalue weighted by atomic mass is 10.1. The number of esters is 1. The summed E-state index contributed by atoms with van der Waals surface area (Å²) in [6.45, 7) is 2.31. The van der Waals surface area contributed by atoms with Gasteiger partial charge in [0.25, 0.3) is 0 Å². The van der Waals surface area contributed by atoms with Crippen LogP contribution in [0.4, 0.5) is 4.79 Å². The predicted octanol–water partition coefficient (Wildman–Crippen LogP) is -0.358. The molecule has 1 unspecified atom stereocenters. The van der Waals surface area contributed by atoms with E-state index >= 15 is 0 Å². The minimum Gasteiger partial charge on any atom is -0.480 e. The Kier molecular flexibility index (Phi) is 8.30. The Labute approximate surface area is 118 Å². The number of rotatable bonds is 8. The van der Waals surface area contributed by atoms with Crippen LogP contribution in [0.15, 0.2) is 0 Å². The Hall–Kier alpha value is -1.83. The number of carboxylic acids is 1. The first kappa shape index (κ1) is 18.2. The normalized spacial score (nSPS) is 13.4. The first-order chi connectivity index (χ1) is 9.27. The van der Waals surface area contributed by atoms with Crippen LogP contribution >= 0.6 is 0 Å². The Morgan fingerprint density at radius 2 is 1.90 bits per heavy atom.